The Hall–Kier alpha value is -0.590. The number of nitrogens with zero attached hydrogens (tertiary/aromatic N) is 2. The van der Waals surface area contributed by atoms with E-state index in [-0.39, 0.29) is 5.41 Å². The summed E-state index contributed by atoms with van der Waals surface area (Å²) in [5, 5.41) is 9.05. The summed E-state index contributed by atoms with van der Waals surface area (Å²) in [5.41, 5.74) is -0.0774. The summed E-state index contributed by atoms with van der Waals surface area (Å²) >= 11 is 0. The zero-order valence-electron chi connectivity index (χ0n) is 9.54. The highest BCUT2D eigenvalue weighted by Crippen LogP contribution is 2.31. The minimum absolute atomic E-state index is 0.0774. The fraction of sp³-hybridized carbons (Fsp3) is 0.917. The molecule has 0 aromatic heterocycles. The van der Waals surface area contributed by atoms with Crippen molar-refractivity contribution in [2.45, 2.75) is 38.6 Å². The molecule has 0 N–H and O–H groups in total. The Kier molecular flexibility index (Phi) is 3.28. The van der Waals surface area contributed by atoms with Crippen LogP contribution in [0.3, 0.4) is 0 Å². The monoisotopic (exact) mass is 208 g/mol. The van der Waals surface area contributed by atoms with Crippen LogP contribution in [0, 0.1) is 16.7 Å². The average Bonchev–Trinajstić information content (AvgIpc) is 2.31. The second-order valence-corrected chi connectivity index (χ2v) is 5.08. The summed E-state index contributed by atoms with van der Waals surface area (Å²) in [5.74, 6) is 0. The van der Waals surface area contributed by atoms with Crippen LogP contribution < -0.4 is 0 Å². The molecule has 2 aliphatic rings. The van der Waals surface area contributed by atoms with Crippen LogP contribution in [0.15, 0.2) is 0 Å². The lowest BCUT2D eigenvalue weighted by Gasteiger charge is -2.40. The highest BCUT2D eigenvalue weighted by atomic mass is 16.5. The lowest BCUT2D eigenvalue weighted by atomic mass is 9.81. The summed E-state index contributed by atoms with van der Waals surface area (Å²) < 4.78 is 5.51. The van der Waals surface area contributed by atoms with Gasteiger partial charge in [0.15, 0.2) is 0 Å². The minimum atomic E-state index is -0.0774. The van der Waals surface area contributed by atoms with E-state index >= 15 is 0 Å². The Bertz CT molecular complexity index is 245. The summed E-state index contributed by atoms with van der Waals surface area (Å²) in [4.78, 5) is 2.51. The molecule has 0 radical (unpaired) electrons. The molecule has 0 aliphatic carbocycles. The molecular weight excluding hydrogens is 188 g/mol. The molecule has 0 bridgehead atoms. The van der Waals surface area contributed by atoms with Gasteiger partial charge in [0.1, 0.15) is 0 Å². The van der Waals surface area contributed by atoms with Crippen molar-refractivity contribution in [2.75, 3.05) is 26.3 Å². The number of nitriles is 1. The molecule has 3 heteroatoms. The normalized spacial score (nSPS) is 32.1. The molecule has 1 unspecified atom stereocenters. The van der Waals surface area contributed by atoms with Gasteiger partial charge in [-0.3, -0.25) is 4.90 Å². The highest BCUT2D eigenvalue weighted by Gasteiger charge is 2.33. The molecule has 0 aromatic carbocycles. The molecule has 1 atom stereocenters. The molecule has 2 aliphatic heterocycles. The van der Waals surface area contributed by atoms with Crippen molar-refractivity contribution in [1.82, 2.24) is 4.90 Å². The number of hydrogen-bond donors (Lipinski definition) is 0. The van der Waals surface area contributed by atoms with Crippen molar-refractivity contribution in [1.29, 1.82) is 5.26 Å². The Morgan fingerprint density at radius 3 is 2.67 bits per heavy atom. The van der Waals surface area contributed by atoms with Crippen LogP contribution in [0.25, 0.3) is 0 Å². The summed E-state index contributed by atoms with van der Waals surface area (Å²) in [6, 6.07) is 3.06. The topological polar surface area (TPSA) is 36.3 Å². The molecule has 0 spiro atoms. The Morgan fingerprint density at radius 1 is 1.40 bits per heavy atom. The summed E-state index contributed by atoms with van der Waals surface area (Å²) in [6.45, 7) is 6.04. The fourth-order valence-corrected chi connectivity index (χ4v) is 2.51. The van der Waals surface area contributed by atoms with Gasteiger partial charge in [-0.05, 0) is 32.6 Å². The SMILES string of the molecule is CC1(C#N)CCN(C2CCCOC2)CC1. The van der Waals surface area contributed by atoms with Gasteiger partial charge in [-0.2, -0.15) is 5.26 Å². The average molecular weight is 208 g/mol. The Labute approximate surface area is 92.0 Å². The van der Waals surface area contributed by atoms with E-state index in [4.69, 9.17) is 10.00 Å². The van der Waals surface area contributed by atoms with Gasteiger partial charge in [0.25, 0.3) is 0 Å². The van der Waals surface area contributed by atoms with Gasteiger partial charge < -0.3 is 4.74 Å². The van der Waals surface area contributed by atoms with Crippen LogP contribution in [0.1, 0.15) is 32.6 Å². The quantitative estimate of drug-likeness (QED) is 0.659. The van der Waals surface area contributed by atoms with Crippen molar-refractivity contribution in [3.05, 3.63) is 0 Å². The van der Waals surface area contributed by atoms with Gasteiger partial charge in [-0.1, -0.05) is 0 Å². The van der Waals surface area contributed by atoms with Crippen molar-refractivity contribution in [2.24, 2.45) is 5.41 Å². The van der Waals surface area contributed by atoms with E-state index < -0.39 is 0 Å². The zero-order chi connectivity index (χ0) is 10.7. The summed E-state index contributed by atoms with van der Waals surface area (Å²) in [7, 11) is 0. The van der Waals surface area contributed by atoms with Gasteiger partial charge in [-0.15, -0.1) is 0 Å². The van der Waals surface area contributed by atoms with Crippen LogP contribution in [0.4, 0.5) is 0 Å². The van der Waals surface area contributed by atoms with Crippen molar-refractivity contribution in [3.8, 4) is 6.07 Å². The van der Waals surface area contributed by atoms with Crippen LogP contribution in [-0.2, 0) is 4.74 Å². The number of piperidine rings is 1. The van der Waals surface area contributed by atoms with E-state index in [9.17, 15) is 0 Å². The first-order chi connectivity index (χ1) is 7.23. The molecule has 15 heavy (non-hydrogen) atoms. The van der Waals surface area contributed by atoms with E-state index in [0.717, 1.165) is 39.1 Å². The Morgan fingerprint density at radius 2 is 2.13 bits per heavy atom. The molecular formula is C12H20N2O. The van der Waals surface area contributed by atoms with Crippen LogP contribution in [-0.4, -0.2) is 37.2 Å². The first kappa shape index (κ1) is 10.9. The minimum Gasteiger partial charge on any atom is -0.380 e. The van der Waals surface area contributed by atoms with Crippen LogP contribution in [0.2, 0.25) is 0 Å². The van der Waals surface area contributed by atoms with Crippen molar-refractivity contribution in [3.63, 3.8) is 0 Å². The second-order valence-electron chi connectivity index (χ2n) is 5.08. The van der Waals surface area contributed by atoms with Gasteiger partial charge in [-0.25, -0.2) is 0 Å². The van der Waals surface area contributed by atoms with Crippen molar-refractivity contribution >= 4 is 0 Å². The van der Waals surface area contributed by atoms with E-state index in [1.165, 1.54) is 12.8 Å². The van der Waals surface area contributed by atoms with Crippen LogP contribution in [0.5, 0.6) is 0 Å². The van der Waals surface area contributed by atoms with E-state index in [2.05, 4.69) is 17.9 Å². The maximum Gasteiger partial charge on any atom is 0.0687 e. The molecule has 0 aromatic rings. The molecule has 84 valence electrons. The number of likely N-dealkylation sites (tertiary alicyclic amines) is 1. The van der Waals surface area contributed by atoms with E-state index in [1.54, 1.807) is 0 Å². The largest absolute Gasteiger partial charge is 0.380 e. The molecule has 3 nitrogen and oxygen atoms in total. The van der Waals surface area contributed by atoms with E-state index in [0.29, 0.717) is 6.04 Å². The molecule has 0 saturated carbocycles. The smallest absolute Gasteiger partial charge is 0.0687 e. The fourth-order valence-electron chi connectivity index (χ4n) is 2.51. The predicted molar refractivity (Wildman–Crippen MR) is 58.4 cm³/mol. The lowest BCUT2D eigenvalue weighted by molar-refractivity contribution is 0.000402. The third kappa shape index (κ3) is 2.50. The molecule has 2 rings (SSSR count). The Balaban J connectivity index is 1.85. The first-order valence-electron chi connectivity index (χ1n) is 5.97. The van der Waals surface area contributed by atoms with E-state index in [1.807, 2.05) is 0 Å². The number of ether oxygens (including phenoxy) is 1. The summed E-state index contributed by atoms with van der Waals surface area (Å²) in [6.07, 6.45) is 4.49. The van der Waals surface area contributed by atoms with Gasteiger partial charge in [0, 0.05) is 25.7 Å². The second kappa shape index (κ2) is 4.51. The van der Waals surface area contributed by atoms with Crippen molar-refractivity contribution < 1.29 is 4.74 Å². The van der Waals surface area contributed by atoms with Gasteiger partial charge >= 0.3 is 0 Å². The van der Waals surface area contributed by atoms with Gasteiger partial charge in [0.05, 0.1) is 18.1 Å². The molecule has 2 saturated heterocycles. The maximum absolute atomic E-state index is 9.05. The zero-order valence-corrected chi connectivity index (χ0v) is 9.54. The number of rotatable bonds is 1. The van der Waals surface area contributed by atoms with Crippen LogP contribution >= 0.6 is 0 Å². The lowest BCUT2D eigenvalue weighted by Crippen LogP contribution is -2.47. The maximum atomic E-state index is 9.05. The highest BCUT2D eigenvalue weighted by molar-refractivity contribution is 4.99. The third-order valence-corrected chi connectivity index (χ3v) is 3.82. The third-order valence-electron chi connectivity index (χ3n) is 3.82. The standard InChI is InChI=1S/C12H20N2O/c1-12(10-13)4-6-14(7-5-12)11-3-2-8-15-9-11/h11H,2-9H2,1H3. The first-order valence-corrected chi connectivity index (χ1v) is 5.97. The number of hydrogen-bond acceptors (Lipinski definition) is 3. The predicted octanol–water partition coefficient (Wildman–Crippen LogP) is 1.79. The van der Waals surface area contributed by atoms with Gasteiger partial charge in [0.2, 0.25) is 0 Å². The molecule has 0 amide bonds. The molecule has 2 heterocycles. The molecule has 2 fully saturated rings.